The van der Waals surface area contributed by atoms with Crippen LogP contribution in [0.15, 0.2) is 0 Å². The van der Waals surface area contributed by atoms with Crippen LogP contribution in [0.1, 0.15) is 78.8 Å². The number of halogens is 9. The van der Waals surface area contributed by atoms with E-state index in [1.54, 1.807) is 136 Å². The maximum Gasteiger partial charge on any atom is 0.337 e. The molecule has 0 aliphatic rings. The number of aromatic carboxylic acids is 3. The molecule has 19 nitrogen and oxygen atoms in total. The minimum atomic E-state index is -1.87. The van der Waals surface area contributed by atoms with Gasteiger partial charge in [-0.3, -0.25) is 45.0 Å². The lowest BCUT2D eigenvalue weighted by Gasteiger charge is -2.24. The number of amides is 6. The summed E-state index contributed by atoms with van der Waals surface area (Å²) in [5.41, 5.74) is -7.98. The summed E-state index contributed by atoms with van der Waals surface area (Å²) in [6.45, 7) is 0. The van der Waals surface area contributed by atoms with Crippen LogP contribution in [-0.4, -0.2) is 112 Å². The number of benzene rings is 3. The van der Waals surface area contributed by atoms with Crippen molar-refractivity contribution in [2.24, 2.45) is 0 Å². The minimum absolute atomic E-state index is 0.0946. The summed E-state index contributed by atoms with van der Waals surface area (Å²) in [4.78, 5) is 121. The van der Waals surface area contributed by atoms with Crippen molar-refractivity contribution in [3.63, 3.8) is 0 Å². The van der Waals surface area contributed by atoms with Gasteiger partial charge in [-0.15, -0.1) is 0 Å². The average Bonchev–Trinajstić information content (AvgIpc) is 3.16. The zero-order valence-electron chi connectivity index (χ0n) is 29.9. The van der Waals surface area contributed by atoms with Crippen molar-refractivity contribution < 1.29 is 58.5 Å². The fourth-order valence-electron chi connectivity index (χ4n) is 5.12. The van der Waals surface area contributed by atoms with Gasteiger partial charge in [0.2, 0.25) is 0 Å². The zero-order chi connectivity index (χ0) is 47.0. The highest BCUT2D eigenvalue weighted by Crippen LogP contribution is 2.36. The van der Waals surface area contributed by atoms with Crippen LogP contribution in [0.3, 0.4) is 0 Å². The van der Waals surface area contributed by atoms with Crippen LogP contribution in [0.2, 0.25) is 0 Å². The topological polar surface area (TPSA) is 325 Å². The van der Waals surface area contributed by atoms with Crippen LogP contribution >= 0.6 is 203 Å². The largest absolute Gasteiger partial charge is 0.478 e. The molecular formula is C33H18I9N7O12. The van der Waals surface area contributed by atoms with E-state index >= 15 is 0 Å². The van der Waals surface area contributed by atoms with Gasteiger partial charge >= 0.3 is 17.9 Å². The molecule has 0 atom stereocenters. The van der Waals surface area contributed by atoms with Gasteiger partial charge in [-0.2, -0.15) is 0 Å². The summed E-state index contributed by atoms with van der Waals surface area (Å²) in [5.74, 6) is -12.9. The Bertz CT molecular complexity index is 2390. The van der Waals surface area contributed by atoms with Crippen LogP contribution < -0.4 is 16.0 Å². The first-order valence-corrected chi connectivity index (χ1v) is 25.1. The number of carbonyl (C=O) groups excluding carboxylic acids is 6. The van der Waals surface area contributed by atoms with Crippen molar-refractivity contribution in [3.05, 3.63) is 82.2 Å². The first-order chi connectivity index (χ1) is 28.2. The lowest BCUT2D eigenvalue weighted by molar-refractivity contribution is -0.144. The number of nitrogens with one attached hydrogen (secondary N) is 6. The smallest absolute Gasteiger partial charge is 0.337 e. The SMILES string of the molecule is CNC(=O)c1c(I)c(C(=N)C(=O)N(C(=O)C(=N)c2c(I)c(C(=O)O)c(I)c(C(=O)NC)c2I)C(=O)C(=N)c2c(I)c(C(=O)O)c(I)c(C(=O)NC)c2I)c(I)c(C(=O)O)c1I. The summed E-state index contributed by atoms with van der Waals surface area (Å²) < 4.78 is -1.68. The highest BCUT2D eigenvalue weighted by Gasteiger charge is 2.43. The summed E-state index contributed by atoms with van der Waals surface area (Å²) in [7, 11) is 3.70. The summed E-state index contributed by atoms with van der Waals surface area (Å²) in [5, 5.41) is 64.8. The van der Waals surface area contributed by atoms with E-state index in [2.05, 4.69) is 16.0 Å². The monoisotopic (exact) mass is 1850 g/mol. The number of carbonyl (C=O) groups is 9. The molecule has 0 spiro atoms. The third kappa shape index (κ3) is 10.2. The number of carboxylic acid groups (broad SMARTS) is 3. The van der Waals surface area contributed by atoms with Crippen LogP contribution in [0.25, 0.3) is 0 Å². The second-order valence-corrected chi connectivity index (χ2v) is 20.9. The average molecular weight is 1850 g/mol. The summed E-state index contributed by atoms with van der Waals surface area (Å²) in [6, 6.07) is 0. The Morgan fingerprint density at radius 3 is 0.689 bits per heavy atom. The minimum Gasteiger partial charge on any atom is -0.478 e. The molecule has 0 aromatic heterocycles. The van der Waals surface area contributed by atoms with Crippen molar-refractivity contribution in [2.45, 2.75) is 0 Å². The standard InChI is InChI=1S/C33H18I9N7O12/c1-46-25(50)7-13(34)4(16(37)10(19(7)40)31(56)57)22(43)28(53)49(29(54)23(44)5-14(35)8(26(51)47-2)20(41)11(17(5)38)32(58)59)30(55)24(45)6-15(36)9(27(52)48-3)21(42)12(18(6)39)33(60)61/h43-45H,1-3H3,(H,46,50)(H,47,51)(H,48,52)(H,56,57)(H,58,59)(H,60,61). The van der Waals surface area contributed by atoms with Gasteiger partial charge in [0.05, 0.1) is 33.4 Å². The van der Waals surface area contributed by atoms with Crippen molar-refractivity contribution in [2.75, 3.05) is 21.1 Å². The molecule has 0 aliphatic heterocycles. The molecule has 0 saturated heterocycles. The molecule has 3 aromatic carbocycles. The predicted octanol–water partition coefficient (Wildman–Crippen LogP) is 5.69. The molecule has 3 aromatic rings. The van der Waals surface area contributed by atoms with Gasteiger partial charge in [0.1, 0.15) is 17.1 Å². The molecule has 0 radical (unpaired) electrons. The van der Waals surface area contributed by atoms with Gasteiger partial charge in [0.15, 0.2) is 0 Å². The first-order valence-electron chi connectivity index (χ1n) is 15.4. The molecule has 28 heteroatoms. The number of rotatable bonds is 12. The van der Waals surface area contributed by atoms with Crippen molar-refractivity contribution in [1.82, 2.24) is 20.9 Å². The Kier molecular flexibility index (Phi) is 19.5. The molecule has 0 bridgehead atoms. The van der Waals surface area contributed by atoms with E-state index in [1.807, 2.05) is 0 Å². The molecule has 61 heavy (non-hydrogen) atoms. The summed E-state index contributed by atoms with van der Waals surface area (Å²) >= 11 is 14.0. The van der Waals surface area contributed by atoms with Crippen molar-refractivity contribution in [3.8, 4) is 0 Å². The number of hydrogen-bond acceptors (Lipinski definition) is 12. The van der Waals surface area contributed by atoms with E-state index in [0.29, 0.717) is 0 Å². The maximum atomic E-state index is 14.7. The molecule has 3 rings (SSSR count). The fourth-order valence-corrected chi connectivity index (χ4v) is 19.1. The summed E-state index contributed by atoms with van der Waals surface area (Å²) in [6.07, 6.45) is 0. The number of imide groups is 3. The van der Waals surface area contributed by atoms with E-state index < -0.39 is 104 Å². The normalized spacial score (nSPS) is 10.6. The molecule has 0 unspecified atom stereocenters. The molecule has 6 amide bonds. The number of nitrogens with zero attached hydrogens (tertiary/aromatic N) is 1. The van der Waals surface area contributed by atoms with E-state index in [-0.39, 0.29) is 53.7 Å². The third-order valence-corrected chi connectivity index (χ3v) is 17.7. The van der Waals surface area contributed by atoms with Crippen LogP contribution in [0.4, 0.5) is 0 Å². The second kappa shape index (κ2) is 21.9. The fraction of sp³-hybridized carbons (Fsp3) is 0.0909. The second-order valence-electron chi connectivity index (χ2n) is 11.2. The molecule has 0 fully saturated rings. The quantitative estimate of drug-likeness (QED) is 0.0781. The van der Waals surface area contributed by atoms with Gasteiger partial charge in [-0.25, -0.2) is 19.3 Å². The maximum absolute atomic E-state index is 14.7. The van der Waals surface area contributed by atoms with E-state index in [9.17, 15) is 58.5 Å². The molecule has 0 heterocycles. The van der Waals surface area contributed by atoms with Crippen LogP contribution in [0.5, 0.6) is 0 Å². The molecule has 0 saturated carbocycles. The Labute approximate surface area is 465 Å². The van der Waals surface area contributed by atoms with Gasteiger partial charge in [0, 0.05) is 70.0 Å². The molecule has 320 valence electrons. The van der Waals surface area contributed by atoms with E-state index in [4.69, 9.17) is 16.2 Å². The van der Waals surface area contributed by atoms with Crippen molar-refractivity contribution in [1.29, 1.82) is 16.2 Å². The van der Waals surface area contributed by atoms with Gasteiger partial charge in [-0.05, 0) is 203 Å². The molecule has 0 aliphatic carbocycles. The Morgan fingerprint density at radius 1 is 0.361 bits per heavy atom. The van der Waals surface area contributed by atoms with Crippen LogP contribution in [-0.2, 0) is 14.4 Å². The lowest BCUT2D eigenvalue weighted by Crippen LogP contribution is -2.51. The highest BCUT2D eigenvalue weighted by atomic mass is 127. The Balaban J connectivity index is 2.57. The molecule has 9 N–H and O–H groups in total. The van der Waals surface area contributed by atoms with E-state index in [0.717, 1.165) is 0 Å². The van der Waals surface area contributed by atoms with Gasteiger partial charge < -0.3 is 31.3 Å². The number of hydrogen-bond donors (Lipinski definition) is 9. The van der Waals surface area contributed by atoms with Gasteiger partial charge in [0.25, 0.3) is 35.4 Å². The van der Waals surface area contributed by atoms with E-state index in [1.165, 1.54) is 88.9 Å². The zero-order valence-corrected chi connectivity index (χ0v) is 49.3. The Hall–Kier alpha value is -1.13. The first kappa shape index (κ1) is 54.2. The van der Waals surface area contributed by atoms with Crippen molar-refractivity contribution >= 4 is 274 Å². The van der Waals surface area contributed by atoms with Crippen LogP contribution in [0, 0.1) is 48.4 Å². The Morgan fingerprint density at radius 2 is 0.525 bits per heavy atom. The number of carboxylic acids is 3. The molecular weight excluding hydrogens is 1830 g/mol. The van der Waals surface area contributed by atoms with Gasteiger partial charge in [-0.1, -0.05) is 0 Å². The lowest BCUT2D eigenvalue weighted by atomic mass is 9.98. The highest BCUT2D eigenvalue weighted by molar-refractivity contribution is 14.1. The predicted molar refractivity (Wildman–Crippen MR) is 292 cm³/mol. The third-order valence-electron chi connectivity index (χ3n) is 7.96.